The molecule has 0 bridgehead atoms. The highest BCUT2D eigenvalue weighted by atomic mass is 16.5. The molecule has 0 aromatic rings. The van der Waals surface area contributed by atoms with Crippen molar-refractivity contribution in [2.75, 3.05) is 19.7 Å². The number of rotatable bonds is 2. The van der Waals surface area contributed by atoms with Crippen LogP contribution in [0.5, 0.6) is 0 Å². The normalized spacial score (nSPS) is 41.1. The van der Waals surface area contributed by atoms with E-state index in [1.54, 1.807) is 0 Å². The van der Waals surface area contributed by atoms with Crippen molar-refractivity contribution in [3.8, 4) is 0 Å². The van der Waals surface area contributed by atoms with Crippen LogP contribution in [0.3, 0.4) is 0 Å². The molecule has 0 amide bonds. The summed E-state index contributed by atoms with van der Waals surface area (Å²) in [4.78, 5) is 2.32. The van der Waals surface area contributed by atoms with Crippen molar-refractivity contribution in [3.05, 3.63) is 0 Å². The van der Waals surface area contributed by atoms with E-state index in [4.69, 9.17) is 4.74 Å². The van der Waals surface area contributed by atoms with Gasteiger partial charge in [0.15, 0.2) is 0 Å². The minimum atomic E-state index is -0.206. The van der Waals surface area contributed by atoms with Gasteiger partial charge in [-0.05, 0) is 19.8 Å². The van der Waals surface area contributed by atoms with Crippen molar-refractivity contribution in [2.45, 2.75) is 63.4 Å². The van der Waals surface area contributed by atoms with Gasteiger partial charge in [-0.3, -0.25) is 4.90 Å². The molecule has 2 fully saturated rings. The first-order chi connectivity index (χ1) is 8.20. The van der Waals surface area contributed by atoms with Gasteiger partial charge in [-0.2, -0.15) is 0 Å². The van der Waals surface area contributed by atoms with Gasteiger partial charge in [0.25, 0.3) is 0 Å². The minimum absolute atomic E-state index is 0.0731. The molecule has 4 atom stereocenters. The summed E-state index contributed by atoms with van der Waals surface area (Å²) in [5, 5.41) is 19.4. The standard InChI is InChI=1S/C13H25NO3/c1-10-7-14(8-11(9-15)17-10)12-5-3-2-4-6-13(12)16/h10-13,15-16H,2-9H2,1H3. The summed E-state index contributed by atoms with van der Waals surface area (Å²) in [6, 6.07) is 0.262. The highest BCUT2D eigenvalue weighted by Gasteiger charge is 2.33. The Morgan fingerprint density at radius 3 is 2.71 bits per heavy atom. The molecule has 4 nitrogen and oxygen atoms in total. The van der Waals surface area contributed by atoms with E-state index in [0.717, 1.165) is 32.4 Å². The van der Waals surface area contributed by atoms with Crippen LogP contribution in [0.1, 0.15) is 39.0 Å². The van der Waals surface area contributed by atoms with E-state index < -0.39 is 0 Å². The number of aliphatic hydroxyl groups excluding tert-OH is 2. The fourth-order valence-corrected chi connectivity index (χ4v) is 3.15. The van der Waals surface area contributed by atoms with E-state index in [2.05, 4.69) is 4.90 Å². The molecule has 0 radical (unpaired) electrons. The Kier molecular flexibility index (Phi) is 4.79. The van der Waals surface area contributed by atoms with E-state index in [-0.39, 0.29) is 31.0 Å². The summed E-state index contributed by atoms with van der Waals surface area (Å²) < 4.78 is 5.65. The molecule has 2 N–H and O–H groups in total. The monoisotopic (exact) mass is 243 g/mol. The van der Waals surface area contributed by atoms with Gasteiger partial charge in [-0.1, -0.05) is 19.3 Å². The average Bonchev–Trinajstić information content (AvgIpc) is 2.53. The number of morpholine rings is 1. The van der Waals surface area contributed by atoms with Gasteiger partial charge in [0, 0.05) is 19.1 Å². The van der Waals surface area contributed by atoms with Crippen LogP contribution in [0.2, 0.25) is 0 Å². The van der Waals surface area contributed by atoms with Crippen LogP contribution in [0.4, 0.5) is 0 Å². The number of hydrogen-bond donors (Lipinski definition) is 2. The lowest BCUT2D eigenvalue weighted by Crippen LogP contribution is -2.54. The Morgan fingerprint density at radius 2 is 1.94 bits per heavy atom. The molecule has 1 saturated heterocycles. The number of ether oxygens (including phenoxy) is 1. The zero-order chi connectivity index (χ0) is 12.3. The molecule has 2 aliphatic rings. The van der Waals surface area contributed by atoms with E-state index in [9.17, 15) is 10.2 Å². The second-order valence-electron chi connectivity index (χ2n) is 5.48. The number of nitrogens with zero attached hydrogens (tertiary/aromatic N) is 1. The van der Waals surface area contributed by atoms with Gasteiger partial charge in [-0.15, -0.1) is 0 Å². The van der Waals surface area contributed by atoms with Crippen LogP contribution in [0.25, 0.3) is 0 Å². The topological polar surface area (TPSA) is 52.9 Å². The Bertz CT molecular complexity index is 237. The Morgan fingerprint density at radius 1 is 1.18 bits per heavy atom. The quantitative estimate of drug-likeness (QED) is 0.703. The molecule has 100 valence electrons. The van der Waals surface area contributed by atoms with Crippen LogP contribution in [0.15, 0.2) is 0 Å². The Hall–Kier alpha value is -0.160. The van der Waals surface area contributed by atoms with Gasteiger partial charge < -0.3 is 14.9 Å². The molecular formula is C13H25NO3. The molecule has 0 aromatic carbocycles. The zero-order valence-electron chi connectivity index (χ0n) is 10.7. The van der Waals surface area contributed by atoms with Gasteiger partial charge in [0.05, 0.1) is 24.9 Å². The summed E-state index contributed by atoms with van der Waals surface area (Å²) in [6.45, 7) is 3.74. The summed E-state index contributed by atoms with van der Waals surface area (Å²) in [6.07, 6.45) is 5.43. The van der Waals surface area contributed by atoms with Crippen LogP contribution < -0.4 is 0 Å². The van der Waals surface area contributed by atoms with Crippen LogP contribution in [-0.4, -0.2) is 59.2 Å². The van der Waals surface area contributed by atoms with E-state index in [1.165, 1.54) is 12.8 Å². The number of aliphatic hydroxyl groups is 2. The molecule has 0 spiro atoms. The van der Waals surface area contributed by atoms with Crippen molar-refractivity contribution in [3.63, 3.8) is 0 Å². The first-order valence-electron chi connectivity index (χ1n) is 6.89. The molecule has 2 rings (SSSR count). The summed E-state index contributed by atoms with van der Waals surface area (Å²) in [5.74, 6) is 0. The summed E-state index contributed by atoms with van der Waals surface area (Å²) in [5.41, 5.74) is 0. The predicted octanol–water partition coefficient (Wildman–Crippen LogP) is 0.762. The van der Waals surface area contributed by atoms with Gasteiger partial charge in [-0.25, -0.2) is 0 Å². The van der Waals surface area contributed by atoms with Crippen molar-refractivity contribution < 1.29 is 14.9 Å². The average molecular weight is 243 g/mol. The third-order valence-corrected chi connectivity index (χ3v) is 3.97. The van der Waals surface area contributed by atoms with E-state index in [1.807, 2.05) is 6.92 Å². The van der Waals surface area contributed by atoms with Crippen molar-refractivity contribution in [1.29, 1.82) is 0 Å². The van der Waals surface area contributed by atoms with Crippen LogP contribution in [-0.2, 0) is 4.74 Å². The van der Waals surface area contributed by atoms with Gasteiger partial charge in [0.2, 0.25) is 0 Å². The Labute approximate surface area is 104 Å². The first-order valence-corrected chi connectivity index (χ1v) is 6.89. The molecule has 4 unspecified atom stereocenters. The molecule has 1 aliphatic carbocycles. The predicted molar refractivity (Wildman–Crippen MR) is 65.9 cm³/mol. The van der Waals surface area contributed by atoms with Crippen molar-refractivity contribution >= 4 is 0 Å². The third-order valence-electron chi connectivity index (χ3n) is 3.97. The largest absolute Gasteiger partial charge is 0.394 e. The molecule has 17 heavy (non-hydrogen) atoms. The number of hydrogen-bond acceptors (Lipinski definition) is 4. The lowest BCUT2D eigenvalue weighted by molar-refractivity contribution is -0.117. The highest BCUT2D eigenvalue weighted by Crippen LogP contribution is 2.25. The zero-order valence-corrected chi connectivity index (χ0v) is 10.7. The van der Waals surface area contributed by atoms with Crippen LogP contribution >= 0.6 is 0 Å². The minimum Gasteiger partial charge on any atom is -0.394 e. The first kappa shape index (κ1) is 13.3. The van der Waals surface area contributed by atoms with Crippen molar-refractivity contribution in [1.82, 2.24) is 4.90 Å². The molecule has 4 heteroatoms. The van der Waals surface area contributed by atoms with Crippen LogP contribution in [0, 0.1) is 0 Å². The van der Waals surface area contributed by atoms with Gasteiger partial charge >= 0.3 is 0 Å². The second-order valence-corrected chi connectivity index (χ2v) is 5.48. The smallest absolute Gasteiger partial charge is 0.0936 e. The maximum Gasteiger partial charge on any atom is 0.0936 e. The second kappa shape index (κ2) is 6.14. The highest BCUT2D eigenvalue weighted by molar-refractivity contribution is 4.86. The Balaban J connectivity index is 1.98. The maximum atomic E-state index is 10.2. The lowest BCUT2D eigenvalue weighted by atomic mass is 10.0. The molecule has 1 aliphatic heterocycles. The molecule has 0 aromatic heterocycles. The lowest BCUT2D eigenvalue weighted by Gasteiger charge is -2.42. The summed E-state index contributed by atoms with van der Waals surface area (Å²) in [7, 11) is 0. The maximum absolute atomic E-state index is 10.2. The molecular weight excluding hydrogens is 218 g/mol. The van der Waals surface area contributed by atoms with Gasteiger partial charge in [0.1, 0.15) is 0 Å². The van der Waals surface area contributed by atoms with E-state index >= 15 is 0 Å². The molecule has 1 saturated carbocycles. The third kappa shape index (κ3) is 3.41. The fraction of sp³-hybridized carbons (Fsp3) is 1.00. The fourth-order valence-electron chi connectivity index (χ4n) is 3.15. The van der Waals surface area contributed by atoms with E-state index in [0.29, 0.717) is 0 Å². The SMILES string of the molecule is CC1CN(C2CCCCCC2O)CC(CO)O1. The molecule has 1 heterocycles. The summed E-state index contributed by atoms with van der Waals surface area (Å²) >= 11 is 0. The van der Waals surface area contributed by atoms with Crippen molar-refractivity contribution in [2.24, 2.45) is 0 Å².